The highest BCUT2D eigenvalue weighted by Crippen LogP contribution is 2.44. The van der Waals surface area contributed by atoms with E-state index in [9.17, 15) is 9.59 Å². The van der Waals surface area contributed by atoms with Crippen LogP contribution < -0.4 is 4.90 Å². The van der Waals surface area contributed by atoms with Crippen molar-refractivity contribution in [2.45, 2.75) is 31.8 Å². The molecule has 2 aromatic carbocycles. The van der Waals surface area contributed by atoms with E-state index in [1.54, 1.807) is 16.2 Å². The summed E-state index contributed by atoms with van der Waals surface area (Å²) in [6.07, 6.45) is 0. The Morgan fingerprint density at radius 2 is 1.85 bits per heavy atom. The summed E-state index contributed by atoms with van der Waals surface area (Å²) >= 11 is 1.60. The minimum absolute atomic E-state index is 0.0225. The monoisotopic (exact) mass is 459 g/mol. The highest BCUT2D eigenvalue weighted by Gasteiger charge is 2.45. The van der Waals surface area contributed by atoms with Gasteiger partial charge in [0.2, 0.25) is 5.91 Å². The van der Waals surface area contributed by atoms with Crippen LogP contribution in [-0.2, 0) is 4.79 Å². The van der Waals surface area contributed by atoms with Gasteiger partial charge in [-0.15, -0.1) is 11.3 Å². The van der Waals surface area contributed by atoms with Crippen molar-refractivity contribution < 1.29 is 9.59 Å². The van der Waals surface area contributed by atoms with Gasteiger partial charge < -0.3 is 14.7 Å². The first kappa shape index (κ1) is 21.7. The normalized spacial score (nSPS) is 22.9. The van der Waals surface area contributed by atoms with Gasteiger partial charge in [0.05, 0.1) is 12.0 Å². The maximum absolute atomic E-state index is 14.1. The van der Waals surface area contributed by atoms with Crippen LogP contribution in [0, 0.1) is 6.92 Å². The molecule has 0 aliphatic carbocycles. The lowest BCUT2D eigenvalue weighted by atomic mass is 9.81. The molecule has 1 fully saturated rings. The Balaban J connectivity index is 1.46. The predicted molar refractivity (Wildman–Crippen MR) is 133 cm³/mol. The Bertz CT molecular complexity index is 1180. The van der Waals surface area contributed by atoms with Crippen LogP contribution in [0.15, 0.2) is 66.0 Å². The van der Waals surface area contributed by atoms with Crippen LogP contribution in [0.25, 0.3) is 0 Å². The lowest BCUT2D eigenvalue weighted by molar-refractivity contribution is -0.135. The first-order valence-electron chi connectivity index (χ1n) is 11.5. The Hall–Kier alpha value is -3.12. The van der Waals surface area contributed by atoms with Crippen molar-refractivity contribution in [1.82, 2.24) is 9.80 Å². The number of hydrogen-bond acceptors (Lipinski definition) is 4. The van der Waals surface area contributed by atoms with Crippen LogP contribution in [0.2, 0.25) is 0 Å². The smallest absolute Gasteiger partial charge is 0.254 e. The van der Waals surface area contributed by atoms with Crippen molar-refractivity contribution in [1.29, 1.82) is 0 Å². The van der Waals surface area contributed by atoms with Crippen LogP contribution in [-0.4, -0.2) is 54.3 Å². The molecule has 3 aromatic rings. The molecule has 0 radical (unpaired) electrons. The molecule has 5 nitrogen and oxygen atoms in total. The summed E-state index contributed by atoms with van der Waals surface area (Å²) in [5.41, 5.74) is 3.93. The van der Waals surface area contributed by atoms with Gasteiger partial charge in [-0.2, -0.15) is 0 Å². The van der Waals surface area contributed by atoms with Gasteiger partial charge in [-0.25, -0.2) is 0 Å². The van der Waals surface area contributed by atoms with Gasteiger partial charge in [-0.1, -0.05) is 36.4 Å². The molecule has 3 atom stereocenters. The van der Waals surface area contributed by atoms with Crippen LogP contribution in [0.3, 0.4) is 0 Å². The maximum atomic E-state index is 14.1. The van der Waals surface area contributed by atoms with Gasteiger partial charge in [0.15, 0.2) is 0 Å². The molecule has 6 heteroatoms. The van der Waals surface area contributed by atoms with Gasteiger partial charge >= 0.3 is 0 Å². The second-order valence-corrected chi connectivity index (χ2v) is 10.1. The van der Waals surface area contributed by atoms with Gasteiger partial charge in [0.1, 0.15) is 0 Å². The van der Waals surface area contributed by atoms with Crippen LogP contribution >= 0.6 is 11.3 Å². The average molecular weight is 460 g/mol. The summed E-state index contributed by atoms with van der Waals surface area (Å²) in [4.78, 5) is 34.4. The molecule has 1 aromatic heterocycles. The van der Waals surface area contributed by atoms with E-state index in [1.165, 1.54) is 11.3 Å². The van der Waals surface area contributed by atoms with Crippen LogP contribution in [0.5, 0.6) is 0 Å². The fraction of sp³-hybridized carbons (Fsp3) is 0.333. The number of fused-ring (bicyclic) bond motifs is 1. The van der Waals surface area contributed by atoms with Gasteiger partial charge in [0, 0.05) is 48.9 Å². The number of likely N-dealkylation sites (N-methyl/N-ethyl adjacent to an activating group) is 1. The second kappa shape index (κ2) is 8.67. The molecular formula is C27H29N3O2S. The zero-order valence-corrected chi connectivity index (χ0v) is 20.1. The fourth-order valence-corrected chi connectivity index (χ4v) is 6.21. The highest BCUT2D eigenvalue weighted by molar-refractivity contribution is 7.10. The summed E-state index contributed by atoms with van der Waals surface area (Å²) in [5, 5.41) is 2.01. The van der Waals surface area contributed by atoms with E-state index in [4.69, 9.17) is 0 Å². The Kier molecular flexibility index (Phi) is 5.71. The van der Waals surface area contributed by atoms with Crippen molar-refractivity contribution in [2.75, 3.05) is 31.6 Å². The van der Waals surface area contributed by atoms with E-state index in [0.717, 1.165) is 17.0 Å². The average Bonchev–Trinajstić information content (AvgIpc) is 3.35. The fourth-order valence-electron chi connectivity index (χ4n) is 5.30. The third kappa shape index (κ3) is 3.82. The number of piperazine rings is 1. The predicted octanol–water partition coefficient (Wildman–Crippen LogP) is 4.70. The van der Waals surface area contributed by atoms with E-state index >= 15 is 0 Å². The van der Waals surface area contributed by atoms with E-state index in [-0.39, 0.29) is 23.9 Å². The van der Waals surface area contributed by atoms with Crippen molar-refractivity contribution in [3.63, 3.8) is 0 Å². The van der Waals surface area contributed by atoms with Crippen molar-refractivity contribution >= 4 is 28.8 Å². The molecule has 33 heavy (non-hydrogen) atoms. The number of anilines is 1. The molecule has 3 heterocycles. The third-order valence-electron chi connectivity index (χ3n) is 6.95. The summed E-state index contributed by atoms with van der Waals surface area (Å²) < 4.78 is 0. The second-order valence-electron chi connectivity index (χ2n) is 9.11. The van der Waals surface area contributed by atoms with E-state index in [1.807, 2.05) is 53.7 Å². The molecular weight excluding hydrogens is 430 g/mol. The Morgan fingerprint density at radius 3 is 2.58 bits per heavy atom. The SMILES string of the molecule is Cc1cccc(N2CCN(C(=O)[C@@H]3c4ccccc4C(=O)N(C)[C@@H]3c3cccs3)C[C@@H]2C)c1. The Labute approximate surface area is 199 Å². The van der Waals surface area contributed by atoms with E-state index in [0.29, 0.717) is 18.7 Å². The molecule has 170 valence electrons. The topological polar surface area (TPSA) is 43.9 Å². The molecule has 1 saturated heterocycles. The summed E-state index contributed by atoms with van der Waals surface area (Å²) in [6.45, 7) is 6.42. The van der Waals surface area contributed by atoms with Crippen molar-refractivity contribution in [2.24, 2.45) is 0 Å². The van der Waals surface area contributed by atoms with Gasteiger partial charge in [0.25, 0.3) is 5.91 Å². The quantitative estimate of drug-likeness (QED) is 0.570. The number of thiophene rings is 1. The maximum Gasteiger partial charge on any atom is 0.254 e. The van der Waals surface area contributed by atoms with Gasteiger partial charge in [-0.05, 0) is 54.6 Å². The lowest BCUT2D eigenvalue weighted by Crippen LogP contribution is -2.56. The third-order valence-corrected chi connectivity index (χ3v) is 7.90. The van der Waals surface area contributed by atoms with Crippen LogP contribution in [0.4, 0.5) is 5.69 Å². The van der Waals surface area contributed by atoms with E-state index < -0.39 is 5.92 Å². The molecule has 0 spiro atoms. The van der Waals surface area contributed by atoms with Crippen LogP contribution in [0.1, 0.15) is 45.2 Å². The molecule has 2 amide bonds. The first-order valence-corrected chi connectivity index (χ1v) is 12.3. The number of carbonyl (C=O) groups is 2. The summed E-state index contributed by atoms with van der Waals surface area (Å²) in [6, 6.07) is 20.1. The summed E-state index contributed by atoms with van der Waals surface area (Å²) in [5.74, 6) is -0.318. The number of rotatable bonds is 3. The number of aryl methyl sites for hydroxylation is 1. The number of hydrogen-bond donors (Lipinski definition) is 0. The minimum atomic E-state index is -0.403. The number of nitrogens with zero attached hydrogens (tertiary/aromatic N) is 3. The number of benzene rings is 2. The van der Waals surface area contributed by atoms with Gasteiger partial charge in [-0.3, -0.25) is 9.59 Å². The number of amides is 2. The molecule has 0 N–H and O–H groups in total. The van der Waals surface area contributed by atoms with Crippen molar-refractivity contribution in [3.8, 4) is 0 Å². The van der Waals surface area contributed by atoms with Crippen molar-refractivity contribution in [3.05, 3.63) is 87.6 Å². The summed E-state index contributed by atoms with van der Waals surface area (Å²) in [7, 11) is 1.82. The molecule has 5 rings (SSSR count). The number of carbonyl (C=O) groups excluding carboxylic acids is 2. The highest BCUT2D eigenvalue weighted by atomic mass is 32.1. The zero-order valence-electron chi connectivity index (χ0n) is 19.3. The lowest BCUT2D eigenvalue weighted by Gasteiger charge is -2.45. The van der Waals surface area contributed by atoms with E-state index in [2.05, 4.69) is 43.0 Å². The standard InChI is InChI=1S/C27H29N3O2S/c1-18-8-6-9-20(16-18)30-14-13-29(17-19(30)2)27(32)24-21-10-4-5-11-22(21)26(31)28(3)25(24)23-12-7-15-33-23/h4-12,15-16,19,24-25H,13-14,17H2,1-3H3/t19-,24+,25+/m0/s1. The Morgan fingerprint density at radius 1 is 1.03 bits per heavy atom. The molecule has 2 aliphatic heterocycles. The first-order chi connectivity index (χ1) is 16.0. The molecule has 0 unspecified atom stereocenters. The molecule has 0 saturated carbocycles. The molecule has 0 bridgehead atoms. The largest absolute Gasteiger partial charge is 0.365 e. The minimum Gasteiger partial charge on any atom is -0.365 e. The zero-order chi connectivity index (χ0) is 23.1. The molecule has 2 aliphatic rings.